The van der Waals surface area contributed by atoms with Crippen molar-refractivity contribution in [3.63, 3.8) is 0 Å². The average molecular weight is 369 g/mol. The van der Waals surface area contributed by atoms with E-state index in [-0.39, 0.29) is 34.0 Å². The molecular weight excluding hydrogens is 349 g/mol. The molecule has 7 nitrogen and oxygen atoms in total. The van der Waals surface area contributed by atoms with Crippen LogP contribution in [0, 0.1) is 5.82 Å². The first kappa shape index (κ1) is 17.4. The molecule has 0 aliphatic carbocycles. The highest BCUT2D eigenvalue weighted by atomic mass is 19.1. The van der Waals surface area contributed by atoms with Crippen molar-refractivity contribution in [2.75, 3.05) is 13.1 Å². The van der Waals surface area contributed by atoms with Crippen LogP contribution in [-0.2, 0) is 7.05 Å². The molecule has 140 valence electrons. The van der Waals surface area contributed by atoms with Gasteiger partial charge in [0, 0.05) is 20.1 Å². The van der Waals surface area contributed by atoms with Crippen LogP contribution in [0.1, 0.15) is 36.2 Å². The molecule has 0 spiro atoms. The fourth-order valence-corrected chi connectivity index (χ4v) is 3.42. The van der Waals surface area contributed by atoms with Crippen LogP contribution in [-0.4, -0.2) is 43.2 Å². The predicted molar refractivity (Wildman–Crippen MR) is 98.4 cm³/mol. The van der Waals surface area contributed by atoms with E-state index >= 15 is 0 Å². The van der Waals surface area contributed by atoms with Crippen LogP contribution in [0.4, 0.5) is 4.39 Å². The van der Waals surface area contributed by atoms with E-state index in [1.54, 1.807) is 11.9 Å². The quantitative estimate of drug-likeness (QED) is 0.695. The molecule has 1 saturated heterocycles. The van der Waals surface area contributed by atoms with Crippen molar-refractivity contribution in [2.24, 2.45) is 7.05 Å². The second-order valence-electron chi connectivity index (χ2n) is 6.80. The minimum absolute atomic E-state index is 0.161. The summed E-state index contributed by atoms with van der Waals surface area (Å²) in [6.07, 6.45) is 5.51. The van der Waals surface area contributed by atoms with Crippen molar-refractivity contribution in [1.82, 2.24) is 24.2 Å². The lowest BCUT2D eigenvalue weighted by Gasteiger charge is -2.18. The maximum atomic E-state index is 13.3. The molecule has 0 radical (unpaired) electrons. The zero-order valence-corrected chi connectivity index (χ0v) is 15.1. The molecule has 0 saturated carbocycles. The lowest BCUT2D eigenvalue weighted by atomic mass is 10.2. The second kappa shape index (κ2) is 6.94. The van der Waals surface area contributed by atoms with Gasteiger partial charge in [0.2, 0.25) is 0 Å². The van der Waals surface area contributed by atoms with Crippen molar-refractivity contribution in [3.8, 4) is 5.69 Å². The summed E-state index contributed by atoms with van der Waals surface area (Å²) in [4.78, 5) is 31.9. The number of likely N-dealkylation sites (tertiary alicyclic amines) is 1. The Morgan fingerprint density at radius 3 is 2.41 bits per heavy atom. The summed E-state index contributed by atoms with van der Waals surface area (Å²) in [5.74, 6) is -0.606. The van der Waals surface area contributed by atoms with Gasteiger partial charge in [-0.2, -0.15) is 5.10 Å². The Bertz CT molecular complexity index is 1050. The van der Waals surface area contributed by atoms with Crippen LogP contribution < -0.4 is 5.56 Å². The van der Waals surface area contributed by atoms with E-state index < -0.39 is 0 Å². The van der Waals surface area contributed by atoms with Crippen LogP contribution in [0.5, 0.6) is 0 Å². The SMILES string of the molecule is Cn1cnc2c(C(=O)N3CCCCCC3)nn(-c3ccc(F)cc3)c2c1=O. The molecular formula is C19H20FN5O2. The number of carbonyl (C=O) groups is 1. The van der Waals surface area contributed by atoms with Gasteiger partial charge in [-0.05, 0) is 37.1 Å². The van der Waals surface area contributed by atoms with Gasteiger partial charge in [-0.15, -0.1) is 0 Å². The number of hydrogen-bond donors (Lipinski definition) is 0. The molecule has 27 heavy (non-hydrogen) atoms. The fourth-order valence-electron chi connectivity index (χ4n) is 3.42. The van der Waals surface area contributed by atoms with E-state index in [1.807, 2.05) is 0 Å². The van der Waals surface area contributed by atoms with Gasteiger partial charge in [0.1, 0.15) is 11.3 Å². The van der Waals surface area contributed by atoms with Crippen LogP contribution in [0.15, 0.2) is 35.4 Å². The third-order valence-corrected chi connectivity index (χ3v) is 4.91. The minimum atomic E-state index is -0.387. The number of halogens is 1. The molecule has 2 aromatic heterocycles. The van der Waals surface area contributed by atoms with Crippen LogP contribution in [0.3, 0.4) is 0 Å². The Hall–Kier alpha value is -3.03. The van der Waals surface area contributed by atoms with Crippen molar-refractivity contribution < 1.29 is 9.18 Å². The first-order valence-electron chi connectivity index (χ1n) is 9.06. The van der Waals surface area contributed by atoms with E-state index in [0.29, 0.717) is 18.8 Å². The monoisotopic (exact) mass is 369 g/mol. The van der Waals surface area contributed by atoms with Gasteiger partial charge in [-0.25, -0.2) is 14.1 Å². The number of carbonyl (C=O) groups excluding carboxylic acids is 1. The second-order valence-corrected chi connectivity index (χ2v) is 6.80. The van der Waals surface area contributed by atoms with E-state index in [2.05, 4.69) is 10.1 Å². The van der Waals surface area contributed by atoms with E-state index in [0.717, 1.165) is 25.7 Å². The Morgan fingerprint density at radius 1 is 1.07 bits per heavy atom. The third-order valence-electron chi connectivity index (χ3n) is 4.91. The topological polar surface area (TPSA) is 73.0 Å². The lowest BCUT2D eigenvalue weighted by Crippen LogP contribution is -2.32. The number of nitrogens with zero attached hydrogens (tertiary/aromatic N) is 5. The number of aromatic nitrogens is 4. The molecule has 3 aromatic rings. The maximum absolute atomic E-state index is 13.3. The highest BCUT2D eigenvalue weighted by Crippen LogP contribution is 2.21. The zero-order valence-electron chi connectivity index (χ0n) is 15.1. The van der Waals surface area contributed by atoms with Gasteiger partial charge in [0.25, 0.3) is 11.5 Å². The molecule has 8 heteroatoms. The molecule has 0 bridgehead atoms. The zero-order chi connectivity index (χ0) is 19.0. The first-order valence-corrected chi connectivity index (χ1v) is 9.06. The number of fused-ring (bicyclic) bond motifs is 1. The largest absolute Gasteiger partial charge is 0.337 e. The lowest BCUT2D eigenvalue weighted by molar-refractivity contribution is 0.0757. The van der Waals surface area contributed by atoms with Gasteiger partial charge < -0.3 is 9.47 Å². The molecule has 4 rings (SSSR count). The summed E-state index contributed by atoms with van der Waals surface area (Å²) in [5.41, 5.74) is 0.837. The number of rotatable bonds is 2. The molecule has 1 aliphatic rings. The standard InChI is InChI=1S/C19H20FN5O2/c1-23-12-21-15-16(18(26)24-10-4-2-3-5-11-24)22-25(17(15)19(23)27)14-8-6-13(20)7-9-14/h6-9,12H,2-5,10-11H2,1H3. The van der Waals surface area contributed by atoms with Crippen LogP contribution in [0.25, 0.3) is 16.7 Å². The highest BCUT2D eigenvalue weighted by molar-refractivity contribution is 6.03. The number of benzene rings is 1. The maximum Gasteiger partial charge on any atom is 0.279 e. The third kappa shape index (κ3) is 3.11. The summed E-state index contributed by atoms with van der Waals surface area (Å²) in [6.45, 7) is 1.35. The summed E-state index contributed by atoms with van der Waals surface area (Å²) in [5, 5.41) is 4.42. The van der Waals surface area contributed by atoms with Gasteiger partial charge in [0.05, 0.1) is 12.0 Å². The first-order chi connectivity index (χ1) is 13.1. The van der Waals surface area contributed by atoms with Crippen molar-refractivity contribution in [3.05, 3.63) is 52.5 Å². The van der Waals surface area contributed by atoms with Gasteiger partial charge in [-0.1, -0.05) is 12.8 Å². The number of amides is 1. The van der Waals surface area contributed by atoms with Crippen molar-refractivity contribution in [1.29, 1.82) is 0 Å². The van der Waals surface area contributed by atoms with Crippen molar-refractivity contribution >= 4 is 16.9 Å². The normalized spacial score (nSPS) is 15.1. The summed E-state index contributed by atoms with van der Waals surface area (Å²) in [7, 11) is 1.59. The molecule has 1 fully saturated rings. The average Bonchev–Trinajstić information content (AvgIpc) is 2.85. The Balaban J connectivity index is 1.89. The fraction of sp³-hybridized carbons (Fsp3) is 0.368. The minimum Gasteiger partial charge on any atom is -0.337 e. The Labute approximate surface area is 155 Å². The molecule has 1 amide bonds. The Morgan fingerprint density at radius 2 is 1.74 bits per heavy atom. The van der Waals surface area contributed by atoms with E-state index in [4.69, 9.17) is 0 Å². The molecule has 0 N–H and O–H groups in total. The van der Waals surface area contributed by atoms with Gasteiger partial charge in [0.15, 0.2) is 11.2 Å². The van der Waals surface area contributed by atoms with Crippen LogP contribution >= 0.6 is 0 Å². The molecule has 1 aromatic carbocycles. The van der Waals surface area contributed by atoms with E-state index in [1.165, 1.54) is 39.8 Å². The molecule has 1 aliphatic heterocycles. The van der Waals surface area contributed by atoms with Crippen LogP contribution in [0.2, 0.25) is 0 Å². The molecule has 3 heterocycles. The van der Waals surface area contributed by atoms with Crippen molar-refractivity contribution in [2.45, 2.75) is 25.7 Å². The smallest absolute Gasteiger partial charge is 0.279 e. The summed E-state index contributed by atoms with van der Waals surface area (Å²) >= 11 is 0. The summed E-state index contributed by atoms with van der Waals surface area (Å²) < 4.78 is 16.0. The van der Waals surface area contributed by atoms with Gasteiger partial charge in [-0.3, -0.25) is 9.59 Å². The molecule has 0 unspecified atom stereocenters. The number of aryl methyl sites for hydroxylation is 1. The summed E-state index contributed by atoms with van der Waals surface area (Å²) in [6, 6.07) is 5.63. The highest BCUT2D eigenvalue weighted by Gasteiger charge is 2.26. The number of hydrogen-bond acceptors (Lipinski definition) is 4. The Kier molecular flexibility index (Phi) is 4.47. The van der Waals surface area contributed by atoms with Gasteiger partial charge >= 0.3 is 0 Å². The molecule has 0 atom stereocenters. The van der Waals surface area contributed by atoms with E-state index in [9.17, 15) is 14.0 Å². The predicted octanol–water partition coefficient (Wildman–Crippen LogP) is 2.27.